The minimum Gasteiger partial charge on any atom is -0.490 e. The number of aromatic nitrogens is 2. The molecular weight excluding hydrogens is 608 g/mol. The molecule has 1 unspecified atom stereocenters. The maximum absolute atomic E-state index is 13.0. The zero-order valence-electron chi connectivity index (χ0n) is 23.3. The van der Waals surface area contributed by atoms with E-state index in [-0.39, 0.29) is 29.9 Å². The van der Waals surface area contributed by atoms with Gasteiger partial charge >= 0.3 is 10.4 Å². The first-order chi connectivity index (χ1) is 20.3. The van der Waals surface area contributed by atoms with Crippen molar-refractivity contribution in [2.45, 2.75) is 44.9 Å². The summed E-state index contributed by atoms with van der Waals surface area (Å²) in [5.41, 5.74) is 11.5. The molecule has 3 heterocycles. The number of fused-ring (bicyclic) bond motifs is 1. The second-order valence-electron chi connectivity index (χ2n) is 9.98. The number of hydrogen-bond acceptors (Lipinski definition) is 14. The van der Waals surface area contributed by atoms with Gasteiger partial charge in [0.1, 0.15) is 18.4 Å². The number of amides is 2. The Kier molecular flexibility index (Phi) is 9.65. The first-order valence-corrected chi connectivity index (χ1v) is 15.1. The highest BCUT2D eigenvalue weighted by molar-refractivity contribution is 7.80. The van der Waals surface area contributed by atoms with E-state index in [1.807, 2.05) is 23.1 Å². The molecule has 0 aliphatic carbocycles. The first kappa shape index (κ1) is 31.8. The summed E-state index contributed by atoms with van der Waals surface area (Å²) in [7, 11) is -4.96. The lowest BCUT2D eigenvalue weighted by Crippen LogP contribution is -2.76. The Bertz CT molecular complexity index is 1510. The molecule has 1 aromatic carbocycles. The number of carbonyl (C=O) groups excluding carboxylic acids is 2. The van der Waals surface area contributed by atoms with Crippen molar-refractivity contribution in [2.24, 2.45) is 10.9 Å². The smallest absolute Gasteiger partial charge is 0.418 e. The molecule has 18 nitrogen and oxygen atoms in total. The number of oxime groups is 1. The summed E-state index contributed by atoms with van der Waals surface area (Å²) < 4.78 is 45.0. The highest BCUT2D eigenvalue weighted by atomic mass is 32.3. The number of β-lactam (4-membered cyclic amide) rings is 1. The average molecular weight is 641 g/mol. The molecule has 0 radical (unpaired) electrons. The monoisotopic (exact) mass is 640 g/mol. The molecule has 2 amide bonds. The lowest BCUT2D eigenvalue weighted by Gasteiger charge is -2.50. The van der Waals surface area contributed by atoms with Crippen LogP contribution in [0.2, 0.25) is 0 Å². The highest BCUT2D eigenvalue weighted by Gasteiger charge is 2.58. The molecule has 20 heteroatoms. The van der Waals surface area contributed by atoms with Crippen LogP contribution in [-0.4, -0.2) is 93.7 Å². The van der Waals surface area contributed by atoms with Crippen LogP contribution in [0.15, 0.2) is 23.4 Å². The zero-order chi connectivity index (χ0) is 31.4. The molecule has 0 bridgehead atoms. The lowest BCUT2D eigenvalue weighted by atomic mass is 9.84. The number of anilines is 1. The predicted octanol–water partition coefficient (Wildman–Crippen LogP) is -1.05. The fourth-order valence-corrected chi connectivity index (χ4v) is 5.17. The van der Waals surface area contributed by atoms with E-state index in [0.717, 1.165) is 29.1 Å². The number of nitrogens with two attached hydrogens (primary N) is 2. The van der Waals surface area contributed by atoms with Crippen LogP contribution in [0.3, 0.4) is 0 Å². The Hall–Kier alpha value is -4.11. The molecule has 1 atom stereocenters. The molecule has 1 fully saturated rings. The number of hydrogen-bond donors (Lipinski definition) is 6. The first-order valence-electron chi connectivity index (χ1n) is 12.9. The number of nitrogens with zero attached hydrogens (tertiary/aromatic N) is 5. The largest absolute Gasteiger partial charge is 0.490 e. The Labute approximate surface area is 250 Å². The number of ether oxygens (including phenoxy) is 1. The van der Waals surface area contributed by atoms with Gasteiger partial charge in [0.05, 0.1) is 5.54 Å². The molecule has 2 aromatic rings. The van der Waals surface area contributed by atoms with E-state index in [1.54, 1.807) is 0 Å². The van der Waals surface area contributed by atoms with Crippen molar-refractivity contribution in [1.82, 2.24) is 30.0 Å². The molecule has 43 heavy (non-hydrogen) atoms. The molecule has 1 saturated heterocycles. The van der Waals surface area contributed by atoms with Gasteiger partial charge in [0.25, 0.3) is 11.8 Å². The summed E-state index contributed by atoms with van der Waals surface area (Å²) in [4.78, 5) is 36.6. The van der Waals surface area contributed by atoms with Gasteiger partial charge in [0, 0.05) is 31.2 Å². The normalized spacial score (nSPS) is 17.7. The van der Waals surface area contributed by atoms with Gasteiger partial charge in [0.15, 0.2) is 17.7 Å². The van der Waals surface area contributed by atoms with Crippen LogP contribution in [0.25, 0.3) is 0 Å². The molecular formula is C23H32N10O8S2. The van der Waals surface area contributed by atoms with Gasteiger partial charge in [-0.3, -0.25) is 19.6 Å². The van der Waals surface area contributed by atoms with Crippen molar-refractivity contribution < 1.29 is 36.4 Å². The van der Waals surface area contributed by atoms with Crippen molar-refractivity contribution in [3.8, 4) is 5.75 Å². The second-order valence-corrected chi connectivity index (χ2v) is 11.8. The quantitative estimate of drug-likeness (QED) is 0.0381. The predicted molar refractivity (Wildman–Crippen MR) is 153 cm³/mol. The molecule has 4 rings (SSSR count). The third-order valence-corrected chi connectivity index (χ3v) is 7.36. The van der Waals surface area contributed by atoms with Crippen LogP contribution in [0, 0.1) is 5.41 Å². The Balaban J connectivity index is 1.32. The number of hydroxylamine groups is 2. The van der Waals surface area contributed by atoms with Crippen molar-refractivity contribution in [3.05, 3.63) is 35.2 Å². The fraction of sp³-hybridized carbons (Fsp3) is 0.478. The Morgan fingerprint density at radius 1 is 1.30 bits per heavy atom. The molecule has 0 saturated carbocycles. The topological polar surface area (TPSA) is 261 Å². The standard InChI is InChI=1S/C23H32N10O8S2/c1-23(2)17(20(35)33(23)41-43(36,37)38)28-19(34)16(18-29-22(26)42-31-18)30-40-9-8-39-15-5-4-13-11-32(12-14(13)10-15)21(25)27-7-3-6-24/h4-5,10,17H,3,6-9,11-12,24H2,1-2H3,(H2,25,27)(H,28,34)(H2,26,29,31)(H,36,37,38)/b30-16-. The summed E-state index contributed by atoms with van der Waals surface area (Å²) in [5, 5.41) is 18.0. The SMILES string of the molecule is CC1(C)C(NC(=O)/C(=N\OCCOc2ccc3c(c2)CN(C(=N)NCCCN)C3)c2nsc(N)n2)C(=O)N1OS(=O)(=O)O. The van der Waals surface area contributed by atoms with Gasteiger partial charge in [-0.1, -0.05) is 11.2 Å². The van der Waals surface area contributed by atoms with Gasteiger partial charge in [-0.05, 0) is 50.1 Å². The number of nitrogen functional groups attached to an aromatic ring is 1. The van der Waals surface area contributed by atoms with E-state index in [9.17, 15) is 18.0 Å². The molecule has 1 aromatic heterocycles. The summed E-state index contributed by atoms with van der Waals surface area (Å²) in [5.74, 6) is -1.05. The minimum atomic E-state index is -4.96. The lowest BCUT2D eigenvalue weighted by molar-refractivity contribution is -0.218. The number of benzene rings is 1. The van der Waals surface area contributed by atoms with Gasteiger partial charge < -0.3 is 36.6 Å². The molecule has 2 aliphatic rings. The van der Waals surface area contributed by atoms with E-state index in [0.29, 0.717) is 43.0 Å². The van der Waals surface area contributed by atoms with E-state index in [4.69, 9.17) is 31.0 Å². The Morgan fingerprint density at radius 3 is 2.70 bits per heavy atom. The van der Waals surface area contributed by atoms with Gasteiger partial charge in [0.2, 0.25) is 11.5 Å². The number of carbonyl (C=O) groups is 2. The molecule has 8 N–H and O–H groups in total. The van der Waals surface area contributed by atoms with Crippen molar-refractivity contribution in [3.63, 3.8) is 0 Å². The van der Waals surface area contributed by atoms with Crippen LogP contribution in [0.1, 0.15) is 37.2 Å². The fourth-order valence-electron chi connectivity index (χ4n) is 4.28. The maximum atomic E-state index is 13.0. The number of guanidine groups is 1. The third kappa shape index (κ3) is 7.65. The van der Waals surface area contributed by atoms with Crippen LogP contribution in [0.5, 0.6) is 5.75 Å². The summed E-state index contributed by atoms with van der Waals surface area (Å²) in [6.45, 7) is 5.18. The number of nitrogens with one attached hydrogen (secondary N) is 3. The van der Waals surface area contributed by atoms with Gasteiger partial charge in [-0.2, -0.15) is 22.8 Å². The number of rotatable bonds is 13. The van der Waals surface area contributed by atoms with Crippen molar-refractivity contribution in [2.75, 3.05) is 32.0 Å². The van der Waals surface area contributed by atoms with Crippen LogP contribution < -0.4 is 26.8 Å². The van der Waals surface area contributed by atoms with E-state index < -0.39 is 33.8 Å². The molecule has 0 spiro atoms. The van der Waals surface area contributed by atoms with E-state index in [1.165, 1.54) is 13.8 Å². The van der Waals surface area contributed by atoms with Crippen LogP contribution in [0.4, 0.5) is 5.13 Å². The summed E-state index contributed by atoms with van der Waals surface area (Å²) >= 11 is 0.813. The van der Waals surface area contributed by atoms with Crippen LogP contribution in [-0.2, 0) is 42.2 Å². The second kappa shape index (κ2) is 13.0. The Morgan fingerprint density at radius 2 is 2.05 bits per heavy atom. The van der Waals surface area contributed by atoms with E-state index in [2.05, 4.69) is 29.4 Å². The highest BCUT2D eigenvalue weighted by Crippen LogP contribution is 2.33. The van der Waals surface area contributed by atoms with Gasteiger partial charge in [-0.15, -0.1) is 4.28 Å². The van der Waals surface area contributed by atoms with Gasteiger partial charge in [-0.25, -0.2) is 0 Å². The molecule has 234 valence electrons. The average Bonchev–Trinajstić information content (AvgIpc) is 3.57. The minimum absolute atomic E-state index is 0.0586. The zero-order valence-corrected chi connectivity index (χ0v) is 24.9. The maximum Gasteiger partial charge on any atom is 0.418 e. The van der Waals surface area contributed by atoms with E-state index >= 15 is 0 Å². The summed E-state index contributed by atoms with van der Waals surface area (Å²) in [6, 6.07) is 4.40. The van der Waals surface area contributed by atoms with Crippen LogP contribution >= 0.6 is 11.5 Å². The van der Waals surface area contributed by atoms with Crippen molar-refractivity contribution >= 4 is 50.5 Å². The summed E-state index contributed by atoms with van der Waals surface area (Å²) in [6.07, 6.45) is 0.778. The third-order valence-electron chi connectivity index (χ3n) is 6.48. The van der Waals surface area contributed by atoms with Crippen molar-refractivity contribution in [1.29, 1.82) is 5.41 Å². The molecule has 2 aliphatic heterocycles.